The fraction of sp³-hybridized carbons (Fsp3) is 0.500. The number of likely N-dealkylation sites (tertiary alicyclic amines) is 1. The summed E-state index contributed by atoms with van der Waals surface area (Å²) in [6.45, 7) is 5.73. The number of nitrogens with zero attached hydrogens (tertiary/aromatic N) is 1. The Kier molecular flexibility index (Phi) is 6.01. The van der Waals surface area contributed by atoms with Gasteiger partial charge in [-0.2, -0.15) is 0 Å². The van der Waals surface area contributed by atoms with Gasteiger partial charge >= 0.3 is 12.2 Å². The molecule has 0 spiro atoms. The monoisotopic (exact) mass is 348 g/mol. The second kappa shape index (κ2) is 8.00. The molecule has 0 saturated carbocycles. The van der Waals surface area contributed by atoms with Crippen molar-refractivity contribution in [1.29, 1.82) is 0 Å². The number of amides is 2. The van der Waals surface area contributed by atoms with Gasteiger partial charge in [-0.1, -0.05) is 30.3 Å². The highest BCUT2D eigenvalue weighted by Crippen LogP contribution is 2.12. The van der Waals surface area contributed by atoms with Crippen LogP contribution in [0.1, 0.15) is 32.8 Å². The summed E-state index contributed by atoms with van der Waals surface area (Å²) in [5.74, 6) is -0.127. The third kappa shape index (κ3) is 6.10. The molecule has 0 radical (unpaired) electrons. The normalized spacial score (nSPS) is 17.8. The maximum atomic E-state index is 12.2. The Hall–Kier alpha value is -2.57. The molecule has 1 N–H and O–H groups in total. The smallest absolute Gasteiger partial charge is 0.410 e. The molecule has 1 heterocycles. The predicted octanol–water partition coefficient (Wildman–Crippen LogP) is 2.49. The van der Waals surface area contributed by atoms with E-state index >= 15 is 0 Å². The van der Waals surface area contributed by atoms with Crippen molar-refractivity contribution in [3.8, 4) is 0 Å². The van der Waals surface area contributed by atoms with E-state index in [4.69, 9.17) is 9.47 Å². The number of carbonyl (C=O) groups excluding carboxylic acids is 3. The molecule has 0 unspecified atom stereocenters. The maximum absolute atomic E-state index is 12.2. The number of nitrogens with one attached hydrogen (secondary N) is 1. The minimum absolute atomic E-state index is 0.0751. The number of hydrogen-bond donors (Lipinski definition) is 1. The van der Waals surface area contributed by atoms with Gasteiger partial charge in [0.1, 0.15) is 18.2 Å². The highest BCUT2D eigenvalue weighted by Gasteiger charge is 2.32. The van der Waals surface area contributed by atoms with Crippen molar-refractivity contribution in [2.45, 2.75) is 45.4 Å². The number of Topliss-reactive ketones (excluding diaryl/α,β-unsaturated/α-hetero) is 1. The molecule has 0 aliphatic carbocycles. The van der Waals surface area contributed by atoms with E-state index in [2.05, 4.69) is 5.32 Å². The molecule has 136 valence electrons. The van der Waals surface area contributed by atoms with E-state index in [0.717, 1.165) is 5.56 Å². The van der Waals surface area contributed by atoms with E-state index in [1.807, 2.05) is 30.3 Å². The van der Waals surface area contributed by atoms with Gasteiger partial charge in [0.15, 0.2) is 5.78 Å². The van der Waals surface area contributed by atoms with Crippen LogP contribution in [-0.4, -0.2) is 47.6 Å². The average molecular weight is 348 g/mol. The van der Waals surface area contributed by atoms with Crippen molar-refractivity contribution in [3.05, 3.63) is 35.9 Å². The van der Waals surface area contributed by atoms with Gasteiger partial charge in [0.2, 0.25) is 0 Å². The summed E-state index contributed by atoms with van der Waals surface area (Å²) in [7, 11) is 0. The first-order chi connectivity index (χ1) is 11.7. The zero-order valence-corrected chi connectivity index (χ0v) is 14.8. The van der Waals surface area contributed by atoms with E-state index in [9.17, 15) is 14.4 Å². The molecule has 1 fully saturated rings. The van der Waals surface area contributed by atoms with Crippen LogP contribution in [0.25, 0.3) is 0 Å². The predicted molar refractivity (Wildman–Crippen MR) is 91.0 cm³/mol. The second-order valence-electron chi connectivity index (χ2n) is 6.90. The zero-order chi connectivity index (χ0) is 18.4. The molecule has 0 bridgehead atoms. The van der Waals surface area contributed by atoms with Crippen LogP contribution in [0, 0.1) is 0 Å². The van der Waals surface area contributed by atoms with Crippen LogP contribution < -0.4 is 5.32 Å². The van der Waals surface area contributed by atoms with Crippen LogP contribution >= 0.6 is 0 Å². The Labute approximate surface area is 147 Å². The molecule has 7 nitrogen and oxygen atoms in total. The van der Waals surface area contributed by atoms with Gasteiger partial charge in [0.05, 0.1) is 6.54 Å². The van der Waals surface area contributed by atoms with Crippen LogP contribution in [0.5, 0.6) is 0 Å². The molecule has 0 aromatic heterocycles. The molecular formula is C18H24N2O5. The summed E-state index contributed by atoms with van der Waals surface area (Å²) >= 11 is 0. The highest BCUT2D eigenvalue weighted by atomic mass is 16.6. The van der Waals surface area contributed by atoms with E-state index < -0.39 is 23.8 Å². The highest BCUT2D eigenvalue weighted by molar-refractivity contribution is 5.89. The molecule has 2 rings (SSSR count). The fourth-order valence-corrected chi connectivity index (χ4v) is 2.39. The van der Waals surface area contributed by atoms with Gasteiger partial charge in [0, 0.05) is 13.0 Å². The second-order valence-corrected chi connectivity index (χ2v) is 6.90. The lowest BCUT2D eigenvalue weighted by atomic mass is 10.0. The minimum atomic E-state index is -0.784. The molecule has 1 saturated heterocycles. The summed E-state index contributed by atoms with van der Waals surface area (Å²) in [5.41, 5.74) is 0.225. The number of hydrogen-bond acceptors (Lipinski definition) is 5. The van der Waals surface area contributed by atoms with Crippen LogP contribution in [0.2, 0.25) is 0 Å². The van der Waals surface area contributed by atoms with E-state index in [-0.39, 0.29) is 31.9 Å². The SMILES string of the molecule is CC(C)(C)OC(=O)N[C@@H]1CN(C(=O)OCc2ccccc2)CCC1=O. The third-order valence-electron chi connectivity index (χ3n) is 3.57. The largest absolute Gasteiger partial charge is 0.445 e. The van der Waals surface area contributed by atoms with Gasteiger partial charge < -0.3 is 19.7 Å². The topological polar surface area (TPSA) is 84.9 Å². The summed E-state index contributed by atoms with van der Waals surface area (Å²) in [6, 6.07) is 8.55. The van der Waals surface area contributed by atoms with Crippen molar-refractivity contribution >= 4 is 18.0 Å². The van der Waals surface area contributed by atoms with Crippen molar-refractivity contribution in [2.24, 2.45) is 0 Å². The Balaban J connectivity index is 1.87. The van der Waals surface area contributed by atoms with Gasteiger partial charge in [-0.15, -0.1) is 0 Å². The van der Waals surface area contributed by atoms with Crippen LogP contribution in [0.3, 0.4) is 0 Å². The molecule has 1 atom stereocenters. The molecular weight excluding hydrogens is 324 g/mol. The Morgan fingerprint density at radius 3 is 2.56 bits per heavy atom. The Morgan fingerprint density at radius 1 is 1.24 bits per heavy atom. The number of carbonyl (C=O) groups is 3. The van der Waals surface area contributed by atoms with Crippen molar-refractivity contribution in [3.63, 3.8) is 0 Å². The zero-order valence-electron chi connectivity index (χ0n) is 14.8. The third-order valence-corrected chi connectivity index (χ3v) is 3.57. The molecule has 2 amide bonds. The first kappa shape index (κ1) is 18.8. The first-order valence-corrected chi connectivity index (χ1v) is 8.22. The van der Waals surface area contributed by atoms with Crippen LogP contribution in [0.15, 0.2) is 30.3 Å². The summed E-state index contributed by atoms with van der Waals surface area (Å²) < 4.78 is 10.4. The number of ketones is 1. The number of alkyl carbamates (subject to hydrolysis) is 1. The Morgan fingerprint density at radius 2 is 1.92 bits per heavy atom. The van der Waals surface area contributed by atoms with E-state index in [0.29, 0.717) is 0 Å². The van der Waals surface area contributed by atoms with Gasteiger partial charge in [-0.3, -0.25) is 4.79 Å². The van der Waals surface area contributed by atoms with Gasteiger partial charge in [-0.25, -0.2) is 9.59 Å². The summed E-state index contributed by atoms with van der Waals surface area (Å²) in [6.07, 6.45) is -1.02. The lowest BCUT2D eigenvalue weighted by Crippen LogP contribution is -2.55. The van der Waals surface area contributed by atoms with E-state index in [1.165, 1.54) is 4.90 Å². The molecule has 1 aliphatic heterocycles. The molecule has 7 heteroatoms. The number of benzene rings is 1. The van der Waals surface area contributed by atoms with Gasteiger partial charge in [0.25, 0.3) is 0 Å². The average Bonchev–Trinajstić information content (AvgIpc) is 2.54. The standard InChI is InChI=1S/C18H24N2O5/c1-18(2,3)25-16(22)19-14-11-20(10-9-15(14)21)17(23)24-12-13-7-5-4-6-8-13/h4-8,14H,9-12H2,1-3H3,(H,19,22)/t14-/m1/s1. The number of rotatable bonds is 3. The molecule has 1 aromatic carbocycles. The lowest BCUT2D eigenvalue weighted by Gasteiger charge is -2.32. The lowest BCUT2D eigenvalue weighted by molar-refractivity contribution is -0.123. The summed E-state index contributed by atoms with van der Waals surface area (Å²) in [5, 5.41) is 2.52. The van der Waals surface area contributed by atoms with Crippen molar-refractivity contribution in [1.82, 2.24) is 10.2 Å². The Bertz CT molecular complexity index is 624. The molecule has 1 aromatic rings. The quantitative estimate of drug-likeness (QED) is 0.907. The molecule has 1 aliphatic rings. The number of piperidine rings is 1. The first-order valence-electron chi connectivity index (χ1n) is 8.22. The number of ether oxygens (including phenoxy) is 2. The van der Waals surface area contributed by atoms with Gasteiger partial charge in [-0.05, 0) is 26.3 Å². The summed E-state index contributed by atoms with van der Waals surface area (Å²) in [4.78, 5) is 37.4. The molecule has 25 heavy (non-hydrogen) atoms. The fourth-order valence-electron chi connectivity index (χ4n) is 2.39. The van der Waals surface area contributed by atoms with Crippen molar-refractivity contribution in [2.75, 3.05) is 13.1 Å². The van der Waals surface area contributed by atoms with Crippen LogP contribution in [-0.2, 0) is 20.9 Å². The maximum Gasteiger partial charge on any atom is 0.410 e. The van der Waals surface area contributed by atoms with E-state index in [1.54, 1.807) is 20.8 Å². The van der Waals surface area contributed by atoms with Crippen LogP contribution in [0.4, 0.5) is 9.59 Å². The van der Waals surface area contributed by atoms with Crippen molar-refractivity contribution < 1.29 is 23.9 Å². The minimum Gasteiger partial charge on any atom is -0.445 e.